The fraction of sp³-hybridized carbons (Fsp3) is 0.412. The fourth-order valence-corrected chi connectivity index (χ4v) is 2.49. The van der Waals surface area contributed by atoms with Gasteiger partial charge in [-0.05, 0) is 21.8 Å². The van der Waals surface area contributed by atoms with Crippen molar-refractivity contribution in [2.24, 2.45) is 11.1 Å². The lowest BCUT2D eigenvalue weighted by Crippen LogP contribution is -2.36. The van der Waals surface area contributed by atoms with Gasteiger partial charge in [-0.2, -0.15) is 0 Å². The maximum absolute atomic E-state index is 10.5. The number of aliphatic hydroxyl groups excluding tert-OH is 1. The second kappa shape index (κ2) is 6.57. The number of halogens is 1. The van der Waals surface area contributed by atoms with Gasteiger partial charge < -0.3 is 10.8 Å². The summed E-state index contributed by atoms with van der Waals surface area (Å²) in [5, 5.41) is 12.9. The van der Waals surface area contributed by atoms with Gasteiger partial charge in [0, 0.05) is 12.5 Å². The zero-order valence-corrected chi connectivity index (χ0v) is 13.2. The van der Waals surface area contributed by atoms with E-state index in [4.69, 9.17) is 5.73 Å². The third-order valence-electron chi connectivity index (χ3n) is 3.72. The van der Waals surface area contributed by atoms with Crippen LogP contribution in [0.4, 0.5) is 0 Å². The van der Waals surface area contributed by atoms with Crippen molar-refractivity contribution in [1.82, 2.24) is 0 Å². The van der Waals surface area contributed by atoms with Crippen LogP contribution in [0.5, 0.6) is 0 Å². The minimum atomic E-state index is -0.446. The first kappa shape index (κ1) is 17.0. The zero-order valence-electron chi connectivity index (χ0n) is 12.3. The van der Waals surface area contributed by atoms with E-state index in [0.29, 0.717) is 6.54 Å². The van der Waals surface area contributed by atoms with Crippen molar-refractivity contribution in [3.05, 3.63) is 48.0 Å². The van der Waals surface area contributed by atoms with Gasteiger partial charge in [-0.1, -0.05) is 63.2 Å². The highest BCUT2D eigenvalue weighted by molar-refractivity contribution is 5.85. The van der Waals surface area contributed by atoms with Crippen molar-refractivity contribution in [3.8, 4) is 0 Å². The van der Waals surface area contributed by atoms with Crippen LogP contribution >= 0.6 is 12.4 Å². The highest BCUT2D eigenvalue weighted by atomic mass is 35.5. The maximum Gasteiger partial charge on any atom is 0.0669 e. The van der Waals surface area contributed by atoms with E-state index in [2.05, 4.69) is 30.3 Å². The number of nitrogens with two attached hydrogens (primary N) is 1. The lowest BCUT2D eigenvalue weighted by atomic mass is 9.78. The molecule has 20 heavy (non-hydrogen) atoms. The second-order valence-corrected chi connectivity index (χ2v) is 6.26. The van der Waals surface area contributed by atoms with E-state index >= 15 is 0 Å². The summed E-state index contributed by atoms with van der Waals surface area (Å²) in [5.74, 6) is -0.0235. The molecule has 0 bridgehead atoms. The van der Waals surface area contributed by atoms with Crippen molar-refractivity contribution in [2.45, 2.75) is 32.8 Å². The van der Waals surface area contributed by atoms with Gasteiger partial charge in [0.1, 0.15) is 0 Å². The molecule has 0 heterocycles. The lowest BCUT2D eigenvalue weighted by molar-refractivity contribution is 0.0408. The molecule has 0 fully saturated rings. The molecule has 0 aliphatic heterocycles. The molecule has 2 nitrogen and oxygen atoms in total. The number of hydrogen-bond donors (Lipinski definition) is 2. The fourth-order valence-electron chi connectivity index (χ4n) is 2.49. The van der Waals surface area contributed by atoms with Gasteiger partial charge in [-0.15, -0.1) is 12.4 Å². The summed E-state index contributed by atoms with van der Waals surface area (Å²) in [5.41, 5.74) is 6.83. The Morgan fingerprint density at radius 3 is 2.20 bits per heavy atom. The maximum atomic E-state index is 10.5. The minimum Gasteiger partial charge on any atom is -0.392 e. The van der Waals surface area contributed by atoms with E-state index < -0.39 is 6.10 Å². The molecule has 0 aromatic heterocycles. The monoisotopic (exact) mass is 293 g/mol. The van der Waals surface area contributed by atoms with Gasteiger partial charge in [0.2, 0.25) is 0 Å². The van der Waals surface area contributed by atoms with Gasteiger partial charge in [0.05, 0.1) is 6.10 Å². The molecule has 0 aliphatic rings. The Morgan fingerprint density at radius 1 is 1.05 bits per heavy atom. The molecule has 2 atom stereocenters. The van der Waals surface area contributed by atoms with E-state index in [1.54, 1.807) is 0 Å². The average molecular weight is 294 g/mol. The quantitative estimate of drug-likeness (QED) is 0.906. The standard InChI is InChI=1S/C17H23NO.ClH/c1-17(2,3)16(19)15(11-18)14-9-8-12-6-4-5-7-13(12)10-14;/h4-10,15-16,19H,11,18H2,1-3H3;1H/t15-,16+;/m0./s1. The molecular weight excluding hydrogens is 270 g/mol. The van der Waals surface area contributed by atoms with Crippen molar-refractivity contribution in [3.63, 3.8) is 0 Å². The predicted octanol–water partition coefficient (Wildman–Crippen LogP) is 3.71. The molecule has 0 unspecified atom stereocenters. The normalized spacial score (nSPS) is 14.7. The summed E-state index contributed by atoms with van der Waals surface area (Å²) >= 11 is 0. The van der Waals surface area contributed by atoms with Gasteiger partial charge in [0.15, 0.2) is 0 Å². The highest BCUT2D eigenvalue weighted by Crippen LogP contribution is 2.32. The summed E-state index contributed by atoms with van der Waals surface area (Å²) in [6.07, 6.45) is -0.446. The number of fused-ring (bicyclic) bond motifs is 1. The largest absolute Gasteiger partial charge is 0.392 e. The third-order valence-corrected chi connectivity index (χ3v) is 3.72. The molecule has 0 saturated heterocycles. The number of rotatable bonds is 3. The van der Waals surface area contributed by atoms with Crippen LogP contribution in [0.2, 0.25) is 0 Å². The molecule has 0 saturated carbocycles. The van der Waals surface area contributed by atoms with Crippen LogP contribution < -0.4 is 5.73 Å². The second-order valence-electron chi connectivity index (χ2n) is 6.26. The van der Waals surface area contributed by atoms with Crippen LogP contribution in [0.1, 0.15) is 32.3 Å². The summed E-state index contributed by atoms with van der Waals surface area (Å²) < 4.78 is 0. The van der Waals surface area contributed by atoms with Gasteiger partial charge in [0.25, 0.3) is 0 Å². The van der Waals surface area contributed by atoms with Crippen molar-refractivity contribution >= 4 is 23.2 Å². The first-order chi connectivity index (χ1) is 8.93. The van der Waals surface area contributed by atoms with Gasteiger partial charge in [-0.3, -0.25) is 0 Å². The van der Waals surface area contributed by atoms with Crippen LogP contribution in [-0.2, 0) is 0 Å². The van der Waals surface area contributed by atoms with Crippen LogP contribution in [0, 0.1) is 5.41 Å². The van der Waals surface area contributed by atoms with Crippen LogP contribution in [0.15, 0.2) is 42.5 Å². The summed E-state index contributed by atoms with van der Waals surface area (Å²) in [4.78, 5) is 0. The molecule has 3 heteroatoms. The topological polar surface area (TPSA) is 46.2 Å². The predicted molar refractivity (Wildman–Crippen MR) is 88.5 cm³/mol. The summed E-state index contributed by atoms with van der Waals surface area (Å²) in [7, 11) is 0. The molecule has 0 radical (unpaired) electrons. The summed E-state index contributed by atoms with van der Waals surface area (Å²) in [6.45, 7) is 6.58. The van der Waals surface area contributed by atoms with Crippen molar-refractivity contribution < 1.29 is 5.11 Å². The number of hydrogen-bond acceptors (Lipinski definition) is 2. The minimum absolute atomic E-state index is 0. The van der Waals surface area contributed by atoms with Gasteiger partial charge >= 0.3 is 0 Å². The van der Waals surface area contributed by atoms with E-state index in [-0.39, 0.29) is 23.7 Å². The van der Waals surface area contributed by atoms with Crippen molar-refractivity contribution in [1.29, 1.82) is 0 Å². The third kappa shape index (κ3) is 3.51. The van der Waals surface area contributed by atoms with E-state index in [9.17, 15) is 5.11 Å². The number of benzene rings is 2. The number of aliphatic hydroxyl groups is 1. The Kier molecular flexibility index (Phi) is 5.58. The van der Waals surface area contributed by atoms with Crippen molar-refractivity contribution in [2.75, 3.05) is 6.54 Å². The van der Waals surface area contributed by atoms with E-state index in [0.717, 1.165) is 5.56 Å². The zero-order chi connectivity index (χ0) is 14.0. The molecule has 2 rings (SSSR count). The smallest absolute Gasteiger partial charge is 0.0669 e. The van der Waals surface area contributed by atoms with E-state index in [1.165, 1.54) is 10.8 Å². The molecule has 0 aliphatic carbocycles. The average Bonchev–Trinajstić information content (AvgIpc) is 2.38. The first-order valence-electron chi connectivity index (χ1n) is 6.80. The Balaban J connectivity index is 0.00000200. The Hall–Kier alpha value is -1.09. The highest BCUT2D eigenvalue weighted by Gasteiger charge is 2.30. The van der Waals surface area contributed by atoms with E-state index in [1.807, 2.05) is 32.9 Å². The molecule has 3 N–H and O–H groups in total. The Labute approximate surface area is 127 Å². The summed E-state index contributed by atoms with van der Waals surface area (Å²) in [6, 6.07) is 14.6. The van der Waals surface area contributed by atoms with Crippen LogP contribution in [-0.4, -0.2) is 17.8 Å². The molecule has 2 aromatic rings. The van der Waals surface area contributed by atoms with Crippen LogP contribution in [0.3, 0.4) is 0 Å². The molecule has 0 spiro atoms. The lowest BCUT2D eigenvalue weighted by Gasteiger charge is -2.32. The molecular formula is C17H24ClNO. The Morgan fingerprint density at radius 2 is 1.65 bits per heavy atom. The van der Waals surface area contributed by atoms with Gasteiger partial charge in [-0.25, -0.2) is 0 Å². The van der Waals surface area contributed by atoms with Crippen LogP contribution in [0.25, 0.3) is 10.8 Å². The molecule has 110 valence electrons. The first-order valence-corrected chi connectivity index (χ1v) is 6.80. The Bertz CT molecular complexity index is 562. The SMILES string of the molecule is CC(C)(C)[C@H](O)[C@@H](CN)c1ccc2ccccc2c1.Cl. The molecule has 2 aromatic carbocycles. The molecule has 0 amide bonds.